The van der Waals surface area contributed by atoms with E-state index < -0.39 is 12.1 Å². The Morgan fingerprint density at radius 3 is 2.10 bits per heavy atom. The van der Waals surface area contributed by atoms with Gasteiger partial charge in [0.2, 0.25) is 0 Å². The molecule has 0 heterocycles. The average Bonchev–Trinajstić information content (AvgIpc) is 2.38. The fourth-order valence-electron chi connectivity index (χ4n) is 2.65. The molecule has 0 aliphatic rings. The Hall–Kier alpha value is -1.55. The molecule has 0 radical (unpaired) electrons. The molecule has 0 aliphatic carbocycles. The average molecular weight is 308 g/mol. The number of aliphatic hydroxyl groups excluding tert-OH is 1. The highest BCUT2D eigenvalue weighted by molar-refractivity contribution is 5.85. The summed E-state index contributed by atoms with van der Waals surface area (Å²) in [4.78, 5) is 0. The monoisotopic (exact) mass is 307 g/mol. The highest BCUT2D eigenvalue weighted by Gasteiger charge is 2.21. The molecule has 0 unspecified atom stereocenters. The number of aliphatic hydroxyl groups is 1. The van der Waals surface area contributed by atoms with E-state index in [1.807, 2.05) is 44.2 Å². The molecule has 4 heteroatoms. The van der Waals surface area contributed by atoms with Crippen LogP contribution in [0.15, 0.2) is 42.5 Å². The summed E-state index contributed by atoms with van der Waals surface area (Å²) in [5.41, 5.74) is 9.98. The smallest absolute Gasteiger partial charge is 0.116 e. The number of aromatic hydroxyl groups is 1. The Labute approximate surface area is 131 Å². The first-order valence-electron chi connectivity index (χ1n) is 6.76. The predicted octanol–water partition coefficient (Wildman–Crippen LogP) is 3.03. The van der Waals surface area contributed by atoms with Crippen LogP contribution in [0.3, 0.4) is 0 Å². The van der Waals surface area contributed by atoms with Crippen molar-refractivity contribution in [3.63, 3.8) is 0 Å². The summed E-state index contributed by atoms with van der Waals surface area (Å²) >= 11 is 0. The minimum atomic E-state index is -0.653. The molecule has 0 fully saturated rings. The van der Waals surface area contributed by atoms with E-state index in [0.29, 0.717) is 6.42 Å². The largest absolute Gasteiger partial charge is 0.508 e. The fourth-order valence-corrected chi connectivity index (χ4v) is 2.65. The molecular formula is C17H22ClNO2. The van der Waals surface area contributed by atoms with E-state index in [9.17, 15) is 10.2 Å². The highest BCUT2D eigenvalue weighted by atomic mass is 35.5. The second-order valence-corrected chi connectivity index (χ2v) is 5.28. The van der Waals surface area contributed by atoms with Gasteiger partial charge in [0.05, 0.1) is 12.1 Å². The van der Waals surface area contributed by atoms with Crippen LogP contribution in [0.5, 0.6) is 5.75 Å². The molecule has 0 saturated heterocycles. The lowest BCUT2D eigenvalue weighted by Crippen LogP contribution is -2.29. The van der Waals surface area contributed by atoms with Crippen LogP contribution >= 0.6 is 12.4 Å². The number of rotatable bonds is 4. The number of hydrogen-bond acceptors (Lipinski definition) is 3. The van der Waals surface area contributed by atoms with Crippen LogP contribution in [-0.4, -0.2) is 16.3 Å². The summed E-state index contributed by atoms with van der Waals surface area (Å²) in [5, 5.41) is 19.9. The van der Waals surface area contributed by atoms with Crippen LogP contribution < -0.4 is 5.73 Å². The zero-order valence-electron chi connectivity index (χ0n) is 12.3. The summed E-state index contributed by atoms with van der Waals surface area (Å²) in [7, 11) is 0. The first-order chi connectivity index (χ1) is 9.49. The summed E-state index contributed by atoms with van der Waals surface area (Å²) in [6.07, 6.45) is -0.138. The summed E-state index contributed by atoms with van der Waals surface area (Å²) in [6, 6.07) is 12.7. The lowest BCUT2D eigenvalue weighted by Gasteiger charge is -2.23. The maximum absolute atomic E-state index is 10.4. The van der Waals surface area contributed by atoms with Gasteiger partial charge in [0.25, 0.3) is 0 Å². The molecule has 2 atom stereocenters. The van der Waals surface area contributed by atoms with E-state index in [4.69, 9.17) is 5.73 Å². The van der Waals surface area contributed by atoms with Gasteiger partial charge in [-0.2, -0.15) is 0 Å². The zero-order valence-corrected chi connectivity index (χ0v) is 13.1. The maximum atomic E-state index is 10.4. The van der Waals surface area contributed by atoms with Crippen molar-refractivity contribution in [3.8, 4) is 5.75 Å². The van der Waals surface area contributed by atoms with E-state index in [2.05, 4.69) is 0 Å². The van der Waals surface area contributed by atoms with Crippen molar-refractivity contribution in [1.29, 1.82) is 0 Å². The van der Waals surface area contributed by atoms with Gasteiger partial charge in [-0.3, -0.25) is 0 Å². The molecule has 0 spiro atoms. The molecule has 2 aromatic rings. The predicted molar refractivity (Wildman–Crippen MR) is 87.9 cm³/mol. The molecule has 114 valence electrons. The van der Waals surface area contributed by atoms with Gasteiger partial charge in [0, 0.05) is 6.42 Å². The van der Waals surface area contributed by atoms with Crippen LogP contribution in [0.25, 0.3) is 0 Å². The third kappa shape index (κ3) is 4.21. The van der Waals surface area contributed by atoms with Crippen molar-refractivity contribution < 1.29 is 10.2 Å². The summed E-state index contributed by atoms with van der Waals surface area (Å²) in [6.45, 7) is 3.80. The van der Waals surface area contributed by atoms with Crippen LogP contribution in [0, 0.1) is 13.8 Å². The number of halogens is 1. The SMILES string of the molecule is Cc1cc(O)cc(C)c1[C@H](N)[C@H](O)Cc1ccccc1.Cl. The number of nitrogens with two attached hydrogens (primary N) is 1. The van der Waals surface area contributed by atoms with Crippen molar-refractivity contribution in [3.05, 3.63) is 64.7 Å². The van der Waals surface area contributed by atoms with Crippen molar-refractivity contribution in [1.82, 2.24) is 0 Å². The number of phenols is 1. The molecule has 2 rings (SSSR count). The lowest BCUT2D eigenvalue weighted by atomic mass is 9.90. The number of benzene rings is 2. The Balaban J connectivity index is 0.00000220. The normalized spacial score (nSPS) is 13.3. The first-order valence-corrected chi connectivity index (χ1v) is 6.76. The zero-order chi connectivity index (χ0) is 14.7. The molecule has 0 bridgehead atoms. The molecule has 4 N–H and O–H groups in total. The molecule has 0 aliphatic heterocycles. The molecule has 2 aromatic carbocycles. The van der Waals surface area contributed by atoms with Gasteiger partial charge in [-0.15, -0.1) is 12.4 Å². The van der Waals surface area contributed by atoms with Crippen molar-refractivity contribution in [2.75, 3.05) is 0 Å². The van der Waals surface area contributed by atoms with Crippen LogP contribution in [0.4, 0.5) is 0 Å². The molecule has 3 nitrogen and oxygen atoms in total. The molecule has 0 saturated carbocycles. The van der Waals surface area contributed by atoms with E-state index in [1.54, 1.807) is 12.1 Å². The Kier molecular flexibility index (Phi) is 6.21. The summed E-state index contributed by atoms with van der Waals surface area (Å²) in [5.74, 6) is 0.230. The quantitative estimate of drug-likeness (QED) is 0.813. The van der Waals surface area contributed by atoms with E-state index in [-0.39, 0.29) is 18.2 Å². The van der Waals surface area contributed by atoms with Gasteiger partial charge >= 0.3 is 0 Å². The Morgan fingerprint density at radius 1 is 1.05 bits per heavy atom. The number of phenolic OH excluding ortho intramolecular Hbond substituents is 1. The van der Waals surface area contributed by atoms with Crippen molar-refractivity contribution in [2.24, 2.45) is 5.73 Å². The minimum Gasteiger partial charge on any atom is -0.508 e. The van der Waals surface area contributed by atoms with Crippen LogP contribution in [0.2, 0.25) is 0 Å². The van der Waals surface area contributed by atoms with Gasteiger partial charge in [-0.05, 0) is 48.2 Å². The lowest BCUT2D eigenvalue weighted by molar-refractivity contribution is 0.144. The standard InChI is InChI=1S/C17H21NO2.ClH/c1-11-8-14(19)9-12(2)16(11)17(18)15(20)10-13-6-4-3-5-7-13;/h3-9,15,17,19-20H,10,18H2,1-2H3;1H/t15-,17-;/m1./s1. The second-order valence-electron chi connectivity index (χ2n) is 5.28. The van der Waals surface area contributed by atoms with Crippen molar-refractivity contribution >= 4 is 12.4 Å². The molecular weight excluding hydrogens is 286 g/mol. The third-order valence-electron chi connectivity index (χ3n) is 3.61. The fraction of sp³-hybridized carbons (Fsp3) is 0.294. The van der Waals surface area contributed by atoms with E-state index in [1.165, 1.54) is 0 Å². The molecule has 0 aromatic heterocycles. The van der Waals surface area contributed by atoms with Gasteiger partial charge in [0.15, 0.2) is 0 Å². The van der Waals surface area contributed by atoms with E-state index in [0.717, 1.165) is 22.3 Å². The highest BCUT2D eigenvalue weighted by Crippen LogP contribution is 2.27. The molecule has 0 amide bonds. The van der Waals surface area contributed by atoms with Gasteiger partial charge in [0.1, 0.15) is 5.75 Å². The maximum Gasteiger partial charge on any atom is 0.116 e. The summed E-state index contributed by atoms with van der Waals surface area (Å²) < 4.78 is 0. The van der Waals surface area contributed by atoms with Gasteiger partial charge in [-0.1, -0.05) is 30.3 Å². The first kappa shape index (κ1) is 17.5. The van der Waals surface area contributed by atoms with Crippen molar-refractivity contribution in [2.45, 2.75) is 32.4 Å². The second kappa shape index (κ2) is 7.46. The Bertz CT molecular complexity index is 564. The van der Waals surface area contributed by atoms with Gasteiger partial charge in [-0.25, -0.2) is 0 Å². The number of aryl methyl sites for hydroxylation is 2. The molecule has 21 heavy (non-hydrogen) atoms. The van der Waals surface area contributed by atoms with Gasteiger partial charge < -0.3 is 15.9 Å². The van der Waals surface area contributed by atoms with Crippen LogP contribution in [0.1, 0.15) is 28.3 Å². The third-order valence-corrected chi connectivity index (χ3v) is 3.61. The minimum absolute atomic E-state index is 0. The number of hydrogen-bond donors (Lipinski definition) is 3. The topological polar surface area (TPSA) is 66.5 Å². The van der Waals surface area contributed by atoms with E-state index >= 15 is 0 Å². The Morgan fingerprint density at radius 2 is 1.57 bits per heavy atom. The van der Waals surface area contributed by atoms with Crippen LogP contribution in [-0.2, 0) is 6.42 Å².